The molecular weight excluding hydrogens is 397 g/mol. The van der Waals surface area contributed by atoms with Crippen molar-refractivity contribution in [2.24, 2.45) is 11.8 Å². The number of carboxylic acid groups (broad SMARTS) is 1. The fraction of sp³-hybridized carbons (Fsp3) is 0.286. The lowest BCUT2D eigenvalue weighted by Gasteiger charge is -2.28. The molecule has 29 heavy (non-hydrogen) atoms. The van der Waals surface area contributed by atoms with Gasteiger partial charge in [0.1, 0.15) is 16.4 Å². The lowest BCUT2D eigenvalue weighted by molar-refractivity contribution is -0.313. The molecule has 1 aliphatic carbocycles. The number of ether oxygens (including phenoxy) is 1. The SMILES string of the molecule is CCOC(=O)c1c(-c2ccc(F)cc2)csc1NC(=O)[C@@H]1CC=CC[C@H]1C(=O)[O-]. The molecule has 1 amide bonds. The van der Waals surface area contributed by atoms with Gasteiger partial charge in [-0.1, -0.05) is 24.3 Å². The Morgan fingerprint density at radius 3 is 2.45 bits per heavy atom. The molecule has 1 heterocycles. The molecule has 152 valence electrons. The summed E-state index contributed by atoms with van der Waals surface area (Å²) in [7, 11) is 0. The normalized spacial score (nSPS) is 18.3. The van der Waals surface area contributed by atoms with Gasteiger partial charge in [-0.25, -0.2) is 9.18 Å². The topological polar surface area (TPSA) is 95.5 Å². The van der Waals surface area contributed by atoms with Gasteiger partial charge in [-0.15, -0.1) is 11.3 Å². The number of nitrogens with one attached hydrogen (secondary N) is 1. The van der Waals surface area contributed by atoms with E-state index in [0.29, 0.717) is 11.1 Å². The molecule has 2 atom stereocenters. The second kappa shape index (κ2) is 9.00. The Balaban J connectivity index is 1.93. The van der Waals surface area contributed by atoms with E-state index in [9.17, 15) is 23.9 Å². The highest BCUT2D eigenvalue weighted by Crippen LogP contribution is 2.37. The number of carboxylic acids is 1. The molecule has 0 unspecified atom stereocenters. The molecule has 1 aliphatic rings. The second-order valence-electron chi connectivity index (χ2n) is 6.54. The van der Waals surface area contributed by atoms with Crippen LogP contribution in [-0.4, -0.2) is 24.5 Å². The van der Waals surface area contributed by atoms with Crippen molar-refractivity contribution in [3.63, 3.8) is 0 Å². The van der Waals surface area contributed by atoms with Crippen LogP contribution in [0, 0.1) is 17.7 Å². The van der Waals surface area contributed by atoms with E-state index < -0.39 is 35.5 Å². The van der Waals surface area contributed by atoms with Gasteiger partial charge in [0.05, 0.1) is 12.5 Å². The Morgan fingerprint density at radius 2 is 1.83 bits per heavy atom. The van der Waals surface area contributed by atoms with Crippen LogP contribution in [0.5, 0.6) is 0 Å². The highest BCUT2D eigenvalue weighted by Gasteiger charge is 2.31. The minimum absolute atomic E-state index is 0.144. The Morgan fingerprint density at radius 1 is 1.17 bits per heavy atom. The Labute approximate surface area is 171 Å². The number of hydrogen-bond donors (Lipinski definition) is 1. The number of anilines is 1. The smallest absolute Gasteiger partial charge is 0.341 e. The molecule has 0 aliphatic heterocycles. The zero-order chi connectivity index (χ0) is 21.0. The Bertz CT molecular complexity index is 950. The van der Waals surface area contributed by atoms with Crippen LogP contribution in [0.15, 0.2) is 41.8 Å². The van der Waals surface area contributed by atoms with Crippen LogP contribution in [0.2, 0.25) is 0 Å². The van der Waals surface area contributed by atoms with E-state index in [0.717, 1.165) is 11.3 Å². The largest absolute Gasteiger partial charge is 0.550 e. The summed E-state index contributed by atoms with van der Waals surface area (Å²) in [4.78, 5) is 36.7. The summed E-state index contributed by atoms with van der Waals surface area (Å²) < 4.78 is 18.4. The minimum atomic E-state index is -1.28. The average molecular weight is 416 g/mol. The van der Waals surface area contributed by atoms with Gasteiger partial charge >= 0.3 is 5.97 Å². The molecule has 0 bridgehead atoms. The van der Waals surface area contributed by atoms with Gasteiger partial charge in [0.15, 0.2) is 0 Å². The molecule has 2 aromatic rings. The van der Waals surface area contributed by atoms with Gasteiger partial charge in [-0.05, 0) is 37.5 Å². The van der Waals surface area contributed by atoms with Crippen molar-refractivity contribution >= 4 is 34.2 Å². The summed E-state index contributed by atoms with van der Waals surface area (Å²) in [6.07, 6.45) is 3.96. The van der Waals surface area contributed by atoms with E-state index in [4.69, 9.17) is 4.74 Å². The molecule has 3 rings (SSSR count). The Hall–Kier alpha value is -3.00. The molecule has 8 heteroatoms. The summed E-state index contributed by atoms with van der Waals surface area (Å²) in [6, 6.07) is 5.62. The molecule has 0 saturated carbocycles. The number of benzene rings is 1. The number of allylic oxidation sites excluding steroid dienone is 2. The fourth-order valence-corrected chi connectivity index (χ4v) is 4.23. The predicted molar refractivity (Wildman–Crippen MR) is 105 cm³/mol. The van der Waals surface area contributed by atoms with Gasteiger partial charge in [0.2, 0.25) is 5.91 Å². The zero-order valence-electron chi connectivity index (χ0n) is 15.6. The number of esters is 1. The molecule has 1 aromatic carbocycles. The van der Waals surface area contributed by atoms with Crippen LogP contribution in [0.25, 0.3) is 11.1 Å². The average Bonchev–Trinajstić information content (AvgIpc) is 3.12. The standard InChI is InChI=1S/C21H20FNO5S/c1-2-28-21(27)17-16(12-7-9-13(22)10-8-12)11-29-19(17)23-18(24)14-5-3-4-6-15(14)20(25)26/h3-4,7-11,14-15H,2,5-6H2,1H3,(H,23,24)(H,25,26)/p-1/t14-,15-/m1/s1. The molecule has 0 spiro atoms. The van der Waals surface area contributed by atoms with Gasteiger partial charge in [0, 0.05) is 22.8 Å². The van der Waals surface area contributed by atoms with E-state index in [1.807, 2.05) is 0 Å². The van der Waals surface area contributed by atoms with Crippen LogP contribution >= 0.6 is 11.3 Å². The van der Waals surface area contributed by atoms with Crippen molar-refractivity contribution in [2.45, 2.75) is 19.8 Å². The van der Waals surface area contributed by atoms with Gasteiger partial charge in [0.25, 0.3) is 0 Å². The summed E-state index contributed by atoms with van der Waals surface area (Å²) in [5.41, 5.74) is 1.26. The fourth-order valence-electron chi connectivity index (χ4n) is 3.27. The van der Waals surface area contributed by atoms with E-state index in [-0.39, 0.29) is 30.0 Å². The maximum absolute atomic E-state index is 13.3. The van der Waals surface area contributed by atoms with Crippen molar-refractivity contribution in [1.29, 1.82) is 0 Å². The predicted octanol–water partition coefficient (Wildman–Crippen LogP) is 3.00. The van der Waals surface area contributed by atoms with Crippen LogP contribution < -0.4 is 10.4 Å². The molecule has 0 fully saturated rings. The number of rotatable bonds is 6. The molecule has 1 aromatic heterocycles. The third-order valence-electron chi connectivity index (χ3n) is 4.73. The number of thiophene rings is 1. The summed E-state index contributed by atoms with van der Waals surface area (Å²) in [5.74, 6) is -4.53. The number of carbonyl (C=O) groups is 3. The van der Waals surface area contributed by atoms with Crippen molar-refractivity contribution < 1.29 is 28.6 Å². The van der Waals surface area contributed by atoms with Gasteiger partial charge in [-0.3, -0.25) is 4.79 Å². The number of aliphatic carboxylic acids is 1. The van der Waals surface area contributed by atoms with E-state index >= 15 is 0 Å². The zero-order valence-corrected chi connectivity index (χ0v) is 16.5. The lowest BCUT2D eigenvalue weighted by Crippen LogP contribution is -2.41. The first kappa shape index (κ1) is 20.7. The van der Waals surface area contributed by atoms with Crippen LogP contribution in [0.4, 0.5) is 9.39 Å². The van der Waals surface area contributed by atoms with Gasteiger partial charge in [-0.2, -0.15) is 0 Å². The monoisotopic (exact) mass is 416 g/mol. The number of amides is 1. The third-order valence-corrected chi connectivity index (χ3v) is 5.63. The van der Waals surface area contributed by atoms with E-state index in [2.05, 4.69) is 5.32 Å². The molecule has 0 saturated heterocycles. The minimum Gasteiger partial charge on any atom is -0.550 e. The number of carbonyl (C=O) groups excluding carboxylic acids is 3. The first-order chi connectivity index (χ1) is 13.9. The van der Waals surface area contributed by atoms with Crippen molar-refractivity contribution in [1.82, 2.24) is 0 Å². The van der Waals surface area contributed by atoms with Crippen molar-refractivity contribution in [3.8, 4) is 11.1 Å². The second-order valence-corrected chi connectivity index (χ2v) is 7.42. The first-order valence-electron chi connectivity index (χ1n) is 9.13. The first-order valence-corrected chi connectivity index (χ1v) is 10.0. The van der Waals surface area contributed by atoms with Crippen LogP contribution in [0.1, 0.15) is 30.1 Å². The van der Waals surface area contributed by atoms with Crippen molar-refractivity contribution in [2.75, 3.05) is 11.9 Å². The Kier molecular flexibility index (Phi) is 6.43. The van der Waals surface area contributed by atoms with E-state index in [1.165, 1.54) is 24.3 Å². The van der Waals surface area contributed by atoms with Crippen molar-refractivity contribution in [3.05, 3.63) is 53.2 Å². The molecule has 0 radical (unpaired) electrons. The van der Waals surface area contributed by atoms with Crippen LogP contribution in [0.3, 0.4) is 0 Å². The third kappa shape index (κ3) is 4.54. The van der Waals surface area contributed by atoms with E-state index in [1.54, 1.807) is 24.5 Å². The molecule has 6 nitrogen and oxygen atoms in total. The number of hydrogen-bond acceptors (Lipinski definition) is 6. The lowest BCUT2D eigenvalue weighted by atomic mass is 9.82. The molecule has 1 N–H and O–H groups in total. The maximum Gasteiger partial charge on any atom is 0.341 e. The number of halogens is 1. The quantitative estimate of drug-likeness (QED) is 0.577. The summed E-state index contributed by atoms with van der Waals surface area (Å²) in [6.45, 7) is 1.81. The highest BCUT2D eigenvalue weighted by molar-refractivity contribution is 7.15. The van der Waals surface area contributed by atoms with Gasteiger partial charge < -0.3 is 20.0 Å². The summed E-state index contributed by atoms with van der Waals surface area (Å²) >= 11 is 1.12. The highest BCUT2D eigenvalue weighted by atomic mass is 32.1. The summed E-state index contributed by atoms with van der Waals surface area (Å²) in [5, 5.41) is 16.0. The van der Waals surface area contributed by atoms with Crippen LogP contribution in [-0.2, 0) is 14.3 Å². The molecular formula is C21H19FNO5S-. The maximum atomic E-state index is 13.3.